The van der Waals surface area contributed by atoms with Crippen molar-refractivity contribution in [1.82, 2.24) is 4.90 Å². The van der Waals surface area contributed by atoms with Crippen LogP contribution in [0.1, 0.15) is 24.5 Å². The predicted octanol–water partition coefficient (Wildman–Crippen LogP) is 1.87. The lowest BCUT2D eigenvalue weighted by atomic mass is 10.0. The Morgan fingerprint density at radius 2 is 2.09 bits per heavy atom. The second-order valence-electron chi connectivity index (χ2n) is 5.47. The van der Waals surface area contributed by atoms with E-state index in [1.165, 1.54) is 11.8 Å². The number of carbonyl (C=O) groups is 3. The standard InChI is InChI=1S/C16H19NO4S/c1-10-5-3-4-6-12(10)7-14(16(20)21)17-9-13(8-15(17)19)22-11(2)18/h3-6,13-14H,7-9H2,1-2H3,(H,20,21)/t13?,14-/m0/s1. The summed E-state index contributed by atoms with van der Waals surface area (Å²) in [6.45, 7) is 3.69. The maximum absolute atomic E-state index is 12.1. The first-order chi connectivity index (χ1) is 10.4. The number of carboxylic acid groups (broad SMARTS) is 1. The molecular formula is C16H19NO4S. The Kier molecular flexibility index (Phi) is 5.24. The number of thioether (sulfide) groups is 1. The highest BCUT2D eigenvalue weighted by molar-refractivity contribution is 8.14. The molecular weight excluding hydrogens is 302 g/mol. The molecule has 1 aliphatic heterocycles. The number of hydrogen-bond acceptors (Lipinski definition) is 4. The van der Waals surface area contributed by atoms with Crippen molar-refractivity contribution in [2.24, 2.45) is 0 Å². The number of benzene rings is 1. The molecule has 0 saturated carbocycles. The summed E-state index contributed by atoms with van der Waals surface area (Å²) in [6.07, 6.45) is 0.507. The van der Waals surface area contributed by atoms with E-state index in [0.29, 0.717) is 6.54 Å². The van der Waals surface area contributed by atoms with Crippen LogP contribution >= 0.6 is 11.8 Å². The van der Waals surface area contributed by atoms with E-state index in [9.17, 15) is 19.5 Å². The largest absolute Gasteiger partial charge is 0.480 e. The molecule has 0 spiro atoms. The highest BCUT2D eigenvalue weighted by Gasteiger charge is 2.38. The van der Waals surface area contributed by atoms with Crippen molar-refractivity contribution in [3.05, 3.63) is 35.4 Å². The maximum Gasteiger partial charge on any atom is 0.326 e. The summed E-state index contributed by atoms with van der Waals surface area (Å²) < 4.78 is 0. The maximum atomic E-state index is 12.1. The molecule has 1 amide bonds. The Bertz CT molecular complexity index is 602. The van der Waals surface area contributed by atoms with Crippen LogP contribution in [0.5, 0.6) is 0 Å². The Morgan fingerprint density at radius 1 is 1.41 bits per heavy atom. The van der Waals surface area contributed by atoms with E-state index in [-0.39, 0.29) is 29.1 Å². The molecule has 0 aromatic heterocycles. The van der Waals surface area contributed by atoms with Gasteiger partial charge in [0.25, 0.3) is 0 Å². The second kappa shape index (κ2) is 6.96. The molecule has 1 aliphatic rings. The molecule has 1 heterocycles. The fourth-order valence-corrected chi connectivity index (χ4v) is 3.62. The number of carbonyl (C=O) groups excluding carboxylic acids is 2. The van der Waals surface area contributed by atoms with Crippen molar-refractivity contribution in [3.63, 3.8) is 0 Å². The van der Waals surface area contributed by atoms with Gasteiger partial charge in [0.2, 0.25) is 5.91 Å². The third-order valence-electron chi connectivity index (χ3n) is 3.79. The highest BCUT2D eigenvalue weighted by Crippen LogP contribution is 2.27. The van der Waals surface area contributed by atoms with Gasteiger partial charge in [-0.1, -0.05) is 36.0 Å². The van der Waals surface area contributed by atoms with E-state index in [2.05, 4.69) is 0 Å². The average Bonchev–Trinajstić information content (AvgIpc) is 2.77. The smallest absolute Gasteiger partial charge is 0.326 e. The first kappa shape index (κ1) is 16.5. The van der Waals surface area contributed by atoms with E-state index in [0.717, 1.165) is 22.9 Å². The number of aliphatic carboxylic acids is 1. The number of nitrogens with zero attached hydrogens (tertiary/aromatic N) is 1. The molecule has 1 saturated heterocycles. The molecule has 1 aromatic rings. The van der Waals surface area contributed by atoms with Gasteiger partial charge in [0.05, 0.1) is 0 Å². The van der Waals surface area contributed by atoms with Gasteiger partial charge in [-0.25, -0.2) is 4.79 Å². The van der Waals surface area contributed by atoms with Gasteiger partial charge < -0.3 is 10.0 Å². The summed E-state index contributed by atoms with van der Waals surface area (Å²) in [5.74, 6) is -1.20. The summed E-state index contributed by atoms with van der Waals surface area (Å²) in [7, 11) is 0. The third kappa shape index (κ3) is 3.88. The molecule has 1 unspecified atom stereocenters. The van der Waals surface area contributed by atoms with Crippen molar-refractivity contribution >= 4 is 28.8 Å². The molecule has 0 aliphatic carbocycles. The number of likely N-dealkylation sites (tertiary alicyclic amines) is 1. The predicted molar refractivity (Wildman–Crippen MR) is 84.7 cm³/mol. The van der Waals surface area contributed by atoms with Crippen molar-refractivity contribution in [2.75, 3.05) is 6.54 Å². The molecule has 2 rings (SSSR count). The zero-order valence-electron chi connectivity index (χ0n) is 12.6. The Balaban J connectivity index is 2.15. The van der Waals surface area contributed by atoms with Gasteiger partial charge in [-0.3, -0.25) is 9.59 Å². The SMILES string of the molecule is CC(=O)SC1CC(=O)N([C@@H](Cc2ccccc2C)C(=O)O)C1. The minimum absolute atomic E-state index is 0.0505. The fraction of sp³-hybridized carbons (Fsp3) is 0.438. The zero-order valence-corrected chi connectivity index (χ0v) is 13.4. The van der Waals surface area contributed by atoms with Gasteiger partial charge in [0.1, 0.15) is 6.04 Å². The van der Waals surface area contributed by atoms with Gasteiger partial charge in [-0.05, 0) is 18.1 Å². The van der Waals surface area contributed by atoms with Crippen molar-refractivity contribution < 1.29 is 19.5 Å². The summed E-state index contributed by atoms with van der Waals surface area (Å²) in [6, 6.07) is 6.68. The van der Waals surface area contributed by atoms with Crippen LogP contribution < -0.4 is 0 Å². The van der Waals surface area contributed by atoms with Crippen LogP contribution in [0.25, 0.3) is 0 Å². The lowest BCUT2D eigenvalue weighted by Gasteiger charge is -2.25. The Hall–Kier alpha value is -1.82. The van der Waals surface area contributed by atoms with E-state index in [1.54, 1.807) is 0 Å². The molecule has 6 heteroatoms. The summed E-state index contributed by atoms with van der Waals surface area (Å²) in [5, 5.41) is 9.30. The number of aryl methyl sites for hydroxylation is 1. The minimum Gasteiger partial charge on any atom is -0.480 e. The first-order valence-electron chi connectivity index (χ1n) is 7.12. The van der Waals surface area contributed by atoms with E-state index in [1.807, 2.05) is 31.2 Å². The quantitative estimate of drug-likeness (QED) is 0.896. The fourth-order valence-electron chi connectivity index (χ4n) is 2.69. The molecule has 118 valence electrons. The monoisotopic (exact) mass is 321 g/mol. The third-order valence-corrected chi connectivity index (χ3v) is 4.77. The van der Waals surface area contributed by atoms with Gasteiger partial charge in [-0.2, -0.15) is 0 Å². The molecule has 0 bridgehead atoms. The number of rotatable bonds is 5. The summed E-state index contributed by atoms with van der Waals surface area (Å²) in [5.41, 5.74) is 1.93. The average molecular weight is 321 g/mol. The van der Waals surface area contributed by atoms with Crippen molar-refractivity contribution in [3.8, 4) is 0 Å². The van der Waals surface area contributed by atoms with Crippen molar-refractivity contribution in [2.45, 2.75) is 38.0 Å². The molecule has 0 radical (unpaired) electrons. The molecule has 5 nitrogen and oxygen atoms in total. The van der Waals surface area contributed by atoms with E-state index >= 15 is 0 Å². The van der Waals surface area contributed by atoms with Crippen LogP contribution in [-0.2, 0) is 20.8 Å². The van der Waals surface area contributed by atoms with Crippen LogP contribution in [0.3, 0.4) is 0 Å². The van der Waals surface area contributed by atoms with Gasteiger partial charge >= 0.3 is 5.97 Å². The van der Waals surface area contributed by atoms with Crippen molar-refractivity contribution in [1.29, 1.82) is 0 Å². The van der Waals surface area contributed by atoms with E-state index < -0.39 is 12.0 Å². The van der Waals surface area contributed by atoms with Crippen LogP contribution in [0, 0.1) is 6.92 Å². The lowest BCUT2D eigenvalue weighted by molar-refractivity contribution is -0.148. The first-order valence-corrected chi connectivity index (χ1v) is 8.00. The van der Waals surface area contributed by atoms with Crippen LogP contribution in [-0.4, -0.2) is 44.8 Å². The second-order valence-corrected chi connectivity index (χ2v) is 6.94. The van der Waals surface area contributed by atoms with Gasteiger partial charge in [-0.15, -0.1) is 0 Å². The molecule has 1 aromatic carbocycles. The van der Waals surface area contributed by atoms with Gasteiger partial charge in [0, 0.05) is 31.6 Å². The normalized spacial score (nSPS) is 19.3. The Morgan fingerprint density at radius 3 is 2.68 bits per heavy atom. The zero-order chi connectivity index (χ0) is 16.3. The van der Waals surface area contributed by atoms with Crippen LogP contribution in [0.2, 0.25) is 0 Å². The number of amides is 1. The number of carboxylic acids is 1. The topological polar surface area (TPSA) is 74.7 Å². The summed E-state index contributed by atoms with van der Waals surface area (Å²) in [4.78, 5) is 36.3. The lowest BCUT2D eigenvalue weighted by Crippen LogP contribution is -2.44. The molecule has 1 fully saturated rings. The summed E-state index contributed by atoms with van der Waals surface area (Å²) >= 11 is 1.11. The van der Waals surface area contributed by atoms with Crippen LogP contribution in [0.4, 0.5) is 0 Å². The van der Waals surface area contributed by atoms with E-state index in [4.69, 9.17) is 0 Å². The Labute approximate surface area is 133 Å². The minimum atomic E-state index is -1.01. The van der Waals surface area contributed by atoms with Gasteiger partial charge in [0.15, 0.2) is 5.12 Å². The highest BCUT2D eigenvalue weighted by atomic mass is 32.2. The molecule has 22 heavy (non-hydrogen) atoms. The molecule has 1 N–H and O–H groups in total. The number of hydrogen-bond donors (Lipinski definition) is 1. The van der Waals surface area contributed by atoms with Crippen LogP contribution in [0.15, 0.2) is 24.3 Å². The molecule has 2 atom stereocenters.